The molecule has 0 aromatic heterocycles. The van der Waals surface area contributed by atoms with Gasteiger partial charge in [0.25, 0.3) is 0 Å². The van der Waals surface area contributed by atoms with Gasteiger partial charge in [0, 0.05) is 0 Å². The van der Waals surface area contributed by atoms with E-state index in [0.717, 1.165) is 6.42 Å². The van der Waals surface area contributed by atoms with Crippen molar-refractivity contribution < 1.29 is 4.84 Å². The Morgan fingerprint density at radius 1 is 0.938 bits per heavy atom. The second-order valence-corrected chi connectivity index (χ2v) is 3.93. The van der Waals surface area contributed by atoms with E-state index in [-0.39, 0.29) is 0 Å². The molecule has 2 heteroatoms. The summed E-state index contributed by atoms with van der Waals surface area (Å²) in [6.07, 6.45) is 0.955. The summed E-state index contributed by atoms with van der Waals surface area (Å²) >= 11 is 0. The van der Waals surface area contributed by atoms with Crippen LogP contribution in [-0.4, -0.2) is 6.73 Å². The van der Waals surface area contributed by atoms with E-state index in [0.29, 0.717) is 6.73 Å². The summed E-state index contributed by atoms with van der Waals surface area (Å²) < 4.78 is 0. The topological polar surface area (TPSA) is 15.5 Å². The molecule has 3 rings (SSSR count). The molecular formula is C14H13NO. The molecule has 80 valence electrons. The SMILES string of the molecule is c1ccc(Cc2ccccc2N2CO2)cc1. The standard InChI is InChI=1S/C14H13NO/c1-2-6-12(7-3-1)10-13-8-4-5-9-14(13)15-11-16-15/h1-9H,10-11H2. The lowest BCUT2D eigenvalue weighted by Crippen LogP contribution is -1.97. The number of hydrogen-bond acceptors (Lipinski definition) is 2. The Labute approximate surface area is 95.0 Å². The van der Waals surface area contributed by atoms with E-state index in [1.165, 1.54) is 16.8 Å². The number of para-hydroxylation sites is 1. The molecule has 0 unspecified atom stereocenters. The highest BCUT2D eigenvalue weighted by atomic mass is 16.8. The number of anilines is 1. The third-order valence-corrected chi connectivity index (χ3v) is 2.76. The van der Waals surface area contributed by atoms with Crippen molar-refractivity contribution in [2.45, 2.75) is 6.42 Å². The van der Waals surface area contributed by atoms with Crippen LogP contribution in [0.1, 0.15) is 11.1 Å². The van der Waals surface area contributed by atoms with Crippen LogP contribution >= 0.6 is 0 Å². The maximum atomic E-state index is 5.21. The molecule has 1 saturated heterocycles. The van der Waals surface area contributed by atoms with Crippen LogP contribution < -0.4 is 5.06 Å². The minimum atomic E-state index is 0.714. The van der Waals surface area contributed by atoms with Crippen LogP contribution in [0.25, 0.3) is 0 Å². The van der Waals surface area contributed by atoms with Gasteiger partial charge in [-0.2, -0.15) is 0 Å². The minimum absolute atomic E-state index is 0.714. The van der Waals surface area contributed by atoms with Gasteiger partial charge >= 0.3 is 0 Å². The first-order chi connectivity index (χ1) is 7.93. The average Bonchev–Trinajstić information content (AvgIpc) is 3.15. The largest absolute Gasteiger partial charge is 0.247 e. The fraction of sp³-hybridized carbons (Fsp3) is 0.143. The van der Waals surface area contributed by atoms with Crippen LogP contribution in [0.15, 0.2) is 54.6 Å². The molecule has 1 heterocycles. The van der Waals surface area contributed by atoms with Gasteiger partial charge in [-0.3, -0.25) is 0 Å². The molecule has 0 spiro atoms. The van der Waals surface area contributed by atoms with Gasteiger partial charge in [0.1, 0.15) is 0 Å². The number of rotatable bonds is 3. The Morgan fingerprint density at radius 3 is 2.38 bits per heavy atom. The van der Waals surface area contributed by atoms with Gasteiger partial charge in [0.2, 0.25) is 0 Å². The van der Waals surface area contributed by atoms with Crippen molar-refractivity contribution in [3.8, 4) is 0 Å². The quantitative estimate of drug-likeness (QED) is 0.725. The maximum Gasteiger partial charge on any atom is 0.171 e. The number of hydroxylamine groups is 1. The highest BCUT2D eigenvalue weighted by Gasteiger charge is 2.22. The average molecular weight is 211 g/mol. The Morgan fingerprint density at radius 2 is 1.62 bits per heavy atom. The van der Waals surface area contributed by atoms with Gasteiger partial charge < -0.3 is 0 Å². The summed E-state index contributed by atoms with van der Waals surface area (Å²) in [5.74, 6) is 0. The van der Waals surface area contributed by atoms with E-state index >= 15 is 0 Å². The summed E-state index contributed by atoms with van der Waals surface area (Å²) in [5.41, 5.74) is 3.83. The van der Waals surface area contributed by atoms with Gasteiger partial charge in [-0.1, -0.05) is 48.5 Å². The van der Waals surface area contributed by atoms with Crippen LogP contribution in [0, 0.1) is 0 Å². The van der Waals surface area contributed by atoms with Crippen LogP contribution in [0.2, 0.25) is 0 Å². The zero-order valence-corrected chi connectivity index (χ0v) is 8.97. The van der Waals surface area contributed by atoms with E-state index in [1.54, 1.807) is 0 Å². The first-order valence-electron chi connectivity index (χ1n) is 5.46. The second kappa shape index (κ2) is 3.99. The fourth-order valence-corrected chi connectivity index (χ4v) is 1.89. The van der Waals surface area contributed by atoms with Gasteiger partial charge in [-0.15, -0.1) is 0 Å². The van der Waals surface area contributed by atoms with E-state index in [9.17, 15) is 0 Å². The molecule has 2 aromatic rings. The molecule has 2 nitrogen and oxygen atoms in total. The Balaban J connectivity index is 1.89. The lowest BCUT2D eigenvalue weighted by atomic mass is 10.0. The van der Waals surface area contributed by atoms with E-state index in [4.69, 9.17) is 4.84 Å². The van der Waals surface area contributed by atoms with Gasteiger partial charge in [-0.25, -0.2) is 9.90 Å². The minimum Gasteiger partial charge on any atom is -0.247 e. The summed E-state index contributed by atoms with van der Waals surface area (Å²) in [7, 11) is 0. The van der Waals surface area contributed by atoms with Crippen LogP contribution in [0.3, 0.4) is 0 Å². The van der Waals surface area contributed by atoms with E-state index in [1.807, 2.05) is 17.2 Å². The number of benzene rings is 2. The first kappa shape index (κ1) is 9.43. The van der Waals surface area contributed by atoms with Crippen molar-refractivity contribution in [1.82, 2.24) is 0 Å². The van der Waals surface area contributed by atoms with E-state index in [2.05, 4.69) is 42.5 Å². The lowest BCUT2D eigenvalue weighted by Gasteiger charge is -2.08. The van der Waals surface area contributed by atoms with Crippen molar-refractivity contribution in [3.63, 3.8) is 0 Å². The second-order valence-electron chi connectivity index (χ2n) is 3.93. The molecule has 0 radical (unpaired) electrons. The molecule has 16 heavy (non-hydrogen) atoms. The highest BCUT2D eigenvalue weighted by Crippen LogP contribution is 2.28. The zero-order valence-electron chi connectivity index (χ0n) is 8.97. The number of hydrogen-bond donors (Lipinski definition) is 0. The molecule has 2 aromatic carbocycles. The summed E-state index contributed by atoms with van der Waals surface area (Å²) in [4.78, 5) is 5.21. The smallest absolute Gasteiger partial charge is 0.171 e. The third kappa shape index (κ3) is 1.92. The normalized spacial score (nSPS) is 13.9. The molecule has 1 aliphatic heterocycles. The summed E-state index contributed by atoms with van der Waals surface area (Å²) in [5, 5.41) is 1.91. The van der Waals surface area contributed by atoms with Crippen LogP contribution in [0.5, 0.6) is 0 Å². The molecular weight excluding hydrogens is 198 g/mol. The predicted octanol–water partition coefficient (Wildman–Crippen LogP) is 2.99. The van der Waals surface area contributed by atoms with Gasteiger partial charge in [0.05, 0.1) is 5.69 Å². The predicted molar refractivity (Wildman–Crippen MR) is 64.1 cm³/mol. The van der Waals surface area contributed by atoms with Crippen molar-refractivity contribution in [3.05, 3.63) is 65.7 Å². The molecule has 0 saturated carbocycles. The van der Waals surface area contributed by atoms with Crippen molar-refractivity contribution in [1.29, 1.82) is 0 Å². The zero-order chi connectivity index (χ0) is 10.8. The first-order valence-corrected chi connectivity index (χ1v) is 5.46. The highest BCUT2D eigenvalue weighted by molar-refractivity contribution is 5.54. The van der Waals surface area contributed by atoms with Gasteiger partial charge in [-0.05, 0) is 23.6 Å². The fourth-order valence-electron chi connectivity index (χ4n) is 1.89. The summed E-state index contributed by atoms with van der Waals surface area (Å²) in [6.45, 7) is 0.714. The number of nitrogens with zero attached hydrogens (tertiary/aromatic N) is 1. The Bertz CT molecular complexity index is 477. The summed E-state index contributed by atoms with van der Waals surface area (Å²) in [6, 6.07) is 18.9. The van der Waals surface area contributed by atoms with Crippen LogP contribution in [0.4, 0.5) is 5.69 Å². The molecule has 0 bridgehead atoms. The Kier molecular flexibility index (Phi) is 2.35. The molecule has 0 amide bonds. The molecule has 1 aliphatic rings. The lowest BCUT2D eigenvalue weighted by molar-refractivity contribution is 0.451. The van der Waals surface area contributed by atoms with Gasteiger partial charge in [0.15, 0.2) is 6.73 Å². The van der Waals surface area contributed by atoms with Crippen molar-refractivity contribution in [2.24, 2.45) is 0 Å². The van der Waals surface area contributed by atoms with Crippen molar-refractivity contribution >= 4 is 5.69 Å². The molecule has 0 atom stereocenters. The third-order valence-electron chi connectivity index (χ3n) is 2.76. The molecule has 0 N–H and O–H groups in total. The monoisotopic (exact) mass is 211 g/mol. The molecule has 1 fully saturated rings. The molecule has 0 aliphatic carbocycles. The van der Waals surface area contributed by atoms with Crippen LogP contribution in [-0.2, 0) is 11.3 Å². The van der Waals surface area contributed by atoms with E-state index < -0.39 is 0 Å². The van der Waals surface area contributed by atoms with Crippen molar-refractivity contribution in [2.75, 3.05) is 11.8 Å². The Hall–Kier alpha value is -1.80. The maximum absolute atomic E-state index is 5.21.